The first-order valence-electron chi connectivity index (χ1n) is 35.2. The Kier molecular flexibility index (Phi) is 35.8. The summed E-state index contributed by atoms with van der Waals surface area (Å²) in [5, 5.41) is 18.8. The second-order valence-electron chi connectivity index (χ2n) is 25.6. The van der Waals surface area contributed by atoms with E-state index in [9.17, 15) is 50.4 Å². The summed E-state index contributed by atoms with van der Waals surface area (Å²) in [6.07, 6.45) is 15.9. The largest absolute Gasteiger partial charge is 1.00 e. The van der Waals surface area contributed by atoms with Gasteiger partial charge in [-0.1, -0.05) is 218 Å². The van der Waals surface area contributed by atoms with E-state index in [1.165, 1.54) is 73.9 Å². The summed E-state index contributed by atoms with van der Waals surface area (Å²) in [6, 6.07) is 137. The van der Waals surface area contributed by atoms with Crippen LogP contribution in [0.15, 0.2) is 364 Å². The van der Waals surface area contributed by atoms with Crippen LogP contribution < -0.4 is 63.7 Å². The van der Waals surface area contributed by atoms with E-state index in [0.717, 1.165) is 0 Å². The van der Waals surface area contributed by atoms with Gasteiger partial charge in [-0.25, -0.2) is 0 Å². The SMILES string of the molecule is F[P-](F)(F)(F)(F)F.F[P-](F)(F)(F)(F)F.[Ag+].[Ag+].c1ccc([PH+](CC[PH+](CC[PH+](c2ccccc2)c2ccccc2)c2ccccc2)CC[PH+](c2ccccc2)c2ccccc2)cc1.c1ccc([PH+](CC[PH+](CC[PH+](c2ccccc2)c2ccccc2)c2ccccc2)CC[PH+](c2ccccc2)c2ccccc2)cc1. The molecule has 576 valence electrons. The Morgan fingerprint density at radius 2 is 0.222 bits per heavy atom. The van der Waals surface area contributed by atoms with Gasteiger partial charge in [0.2, 0.25) is 0 Å². The third kappa shape index (κ3) is 35.7. The Labute approximate surface area is 670 Å². The summed E-state index contributed by atoms with van der Waals surface area (Å²) in [5.41, 5.74) is 0. The molecule has 0 nitrogen and oxygen atoms in total. The second-order valence-corrected chi connectivity index (χ2v) is 51.1. The molecule has 0 aliphatic heterocycles. The summed E-state index contributed by atoms with van der Waals surface area (Å²) in [7, 11) is -27.5. The molecule has 0 aliphatic carbocycles. The first-order chi connectivity index (χ1) is 50.6. The molecule has 12 aromatic rings. The average molecular weight is 1860 g/mol. The van der Waals surface area contributed by atoms with Crippen molar-refractivity contribution in [3.05, 3.63) is 364 Å². The Hall–Kier alpha value is -4.42. The molecule has 0 heterocycles. The fraction of sp³-hybridized carbons (Fsp3) is 0.143. The zero-order valence-electron chi connectivity index (χ0n) is 59.2. The molecule has 0 aromatic heterocycles. The maximum absolute atomic E-state index is 10.7. The van der Waals surface area contributed by atoms with Crippen LogP contribution in [0.1, 0.15) is 0 Å². The zero-order valence-corrected chi connectivity index (χ0v) is 71.9. The van der Waals surface area contributed by atoms with Crippen molar-refractivity contribution in [3.8, 4) is 0 Å². The molecule has 108 heavy (non-hydrogen) atoms. The van der Waals surface area contributed by atoms with Crippen LogP contribution in [0, 0.1) is 0 Å². The first kappa shape index (κ1) is 90.8. The van der Waals surface area contributed by atoms with E-state index < -0.39 is 79.0 Å². The number of benzene rings is 12. The summed E-state index contributed by atoms with van der Waals surface area (Å²) < 4.78 is 118. The minimum absolute atomic E-state index is 0. The van der Waals surface area contributed by atoms with Gasteiger partial charge in [-0.3, -0.25) is 0 Å². The number of hydrogen-bond donors (Lipinski definition) is 0. The van der Waals surface area contributed by atoms with Crippen LogP contribution in [0.25, 0.3) is 0 Å². The van der Waals surface area contributed by atoms with Crippen LogP contribution >= 0.6 is 79.0 Å². The quantitative estimate of drug-likeness (QED) is 0.0239. The fourth-order valence-electron chi connectivity index (χ4n) is 13.0. The van der Waals surface area contributed by atoms with Gasteiger partial charge in [0, 0.05) is 31.7 Å². The molecule has 0 fully saturated rings. The predicted octanol–water partition coefficient (Wildman–Crippen LogP) is 22.4. The third-order valence-corrected chi connectivity index (χ3v) is 43.5. The van der Waals surface area contributed by atoms with Gasteiger partial charge in [0.25, 0.3) is 0 Å². The minimum Gasteiger partial charge on any atom is -0.0620 e. The van der Waals surface area contributed by atoms with Crippen molar-refractivity contribution >= 4 is 143 Å². The van der Waals surface area contributed by atoms with Crippen molar-refractivity contribution in [3.63, 3.8) is 0 Å². The monoisotopic (exact) mass is 1850 g/mol. The Morgan fingerprint density at radius 3 is 0.324 bits per heavy atom. The van der Waals surface area contributed by atoms with E-state index in [-0.39, 0.29) is 44.8 Å². The van der Waals surface area contributed by atoms with E-state index in [2.05, 4.69) is 364 Å². The first-order valence-corrected chi connectivity index (χ1v) is 53.7. The van der Waals surface area contributed by atoms with Crippen molar-refractivity contribution in [1.82, 2.24) is 0 Å². The van der Waals surface area contributed by atoms with E-state index in [1.54, 1.807) is 63.7 Å². The van der Waals surface area contributed by atoms with Gasteiger partial charge in [0.1, 0.15) is 24.6 Å². The molecular formula is C84H92Ag2F12P10+8. The molecule has 4 unspecified atom stereocenters. The topological polar surface area (TPSA) is 0 Å². The number of rotatable bonds is 30. The zero-order chi connectivity index (χ0) is 75.3. The molecule has 0 radical (unpaired) electrons. The molecular weight excluding hydrogens is 1760 g/mol. The molecule has 0 aliphatic rings. The summed E-state index contributed by atoms with van der Waals surface area (Å²) in [6.45, 7) is 0. The molecule has 0 spiro atoms. The van der Waals surface area contributed by atoms with Crippen molar-refractivity contribution in [1.29, 1.82) is 0 Å². The molecule has 4 atom stereocenters. The van der Waals surface area contributed by atoms with Crippen LogP contribution in [-0.4, -0.2) is 73.9 Å². The Balaban J connectivity index is 0.000000251. The van der Waals surface area contributed by atoms with Crippen molar-refractivity contribution < 1.29 is 95.1 Å². The third-order valence-electron chi connectivity index (χ3n) is 17.9. The average Bonchev–Trinajstić information content (AvgIpc) is 0.794. The number of hydrogen-bond acceptors (Lipinski definition) is 0. The van der Waals surface area contributed by atoms with Gasteiger partial charge in [0.15, 0.2) is 0 Å². The second kappa shape index (κ2) is 42.6. The molecule has 0 saturated carbocycles. The van der Waals surface area contributed by atoms with Crippen molar-refractivity contribution in [2.24, 2.45) is 0 Å². The molecule has 0 amide bonds. The van der Waals surface area contributed by atoms with Gasteiger partial charge in [-0.15, -0.1) is 0 Å². The van der Waals surface area contributed by atoms with E-state index in [4.69, 9.17) is 0 Å². The molecule has 12 rings (SSSR count). The van der Waals surface area contributed by atoms with Gasteiger partial charge in [0.05, 0.1) is 145 Å². The standard InChI is InChI=1S/2C42H42P4.2Ag.2F6P/c2*1-7-19-37(20-8-1)43(33-35-45(39-23-11-3-12-24-39)40-25-13-4-14-26-40)31-32-44(38-21-9-2-10-22-38)34-36-46(41-27-15-5-16-28-41)42-29-17-6-18-30-42;;;2*1-7(2,3,4,5)6/h2*1-30H,31-36H2;;;;/q;;2*+1;2*-1/p+8. The molecule has 12 aromatic carbocycles. The maximum Gasteiger partial charge on any atom is 1.00 e. The van der Waals surface area contributed by atoms with Gasteiger partial charge < -0.3 is 0 Å². The summed E-state index contributed by atoms with van der Waals surface area (Å²) in [5.74, 6) is 0. The Bertz CT molecular complexity index is 3710. The van der Waals surface area contributed by atoms with Crippen LogP contribution in [0.2, 0.25) is 0 Å². The van der Waals surface area contributed by atoms with Crippen molar-refractivity contribution in [2.45, 2.75) is 0 Å². The van der Waals surface area contributed by atoms with Gasteiger partial charge in [-0.2, -0.15) is 0 Å². The maximum atomic E-state index is 9.87. The van der Waals surface area contributed by atoms with Crippen LogP contribution in [0.4, 0.5) is 50.4 Å². The number of halogens is 12. The molecule has 24 heteroatoms. The minimum atomic E-state index is -10.7. The van der Waals surface area contributed by atoms with Crippen LogP contribution in [0.3, 0.4) is 0 Å². The van der Waals surface area contributed by atoms with E-state index >= 15 is 0 Å². The molecule has 0 bridgehead atoms. The van der Waals surface area contributed by atoms with Crippen molar-refractivity contribution in [2.75, 3.05) is 73.9 Å². The van der Waals surface area contributed by atoms with E-state index in [0.29, 0.717) is 0 Å². The Morgan fingerprint density at radius 1 is 0.139 bits per heavy atom. The van der Waals surface area contributed by atoms with Gasteiger partial charge in [-0.05, 0) is 146 Å². The normalized spacial score (nSPS) is 13.8. The molecule has 0 N–H and O–H groups in total. The van der Waals surface area contributed by atoms with Crippen LogP contribution in [-0.2, 0) is 44.8 Å². The smallest absolute Gasteiger partial charge is 0.0620 e. The summed E-state index contributed by atoms with van der Waals surface area (Å²) in [4.78, 5) is 0. The molecule has 0 saturated heterocycles. The van der Waals surface area contributed by atoms with Crippen LogP contribution in [0.5, 0.6) is 0 Å². The van der Waals surface area contributed by atoms with E-state index in [1.807, 2.05) is 0 Å². The fourth-order valence-corrected chi connectivity index (χ4v) is 41.0. The predicted molar refractivity (Wildman–Crippen MR) is 465 cm³/mol. The van der Waals surface area contributed by atoms with Gasteiger partial charge >= 0.3 is 111 Å². The summed E-state index contributed by atoms with van der Waals surface area (Å²) >= 11 is 0.